The number of hydrogen-bond donors (Lipinski definition) is 0. The number of rotatable bonds is 10. The van der Waals surface area contributed by atoms with Crippen LogP contribution in [0.25, 0.3) is 0 Å². The summed E-state index contributed by atoms with van der Waals surface area (Å²) in [5, 5.41) is 0. The van der Waals surface area contributed by atoms with E-state index in [9.17, 15) is 9.59 Å². The Balaban J connectivity index is 1.85. The number of carbonyl (C=O) groups is 2. The van der Waals surface area contributed by atoms with Crippen LogP contribution in [0.15, 0.2) is 36.4 Å². The summed E-state index contributed by atoms with van der Waals surface area (Å²) in [7, 11) is 3.22. The Morgan fingerprint density at radius 1 is 1.03 bits per heavy atom. The Hall–Kier alpha value is -3.22. The molecule has 2 aromatic rings. The van der Waals surface area contributed by atoms with Crippen molar-refractivity contribution in [2.75, 3.05) is 34.0 Å². The first kappa shape index (κ1) is 24.4. The number of fused-ring (bicyclic) bond motifs is 1. The van der Waals surface area contributed by atoms with E-state index in [0.29, 0.717) is 49.0 Å². The van der Waals surface area contributed by atoms with E-state index >= 15 is 0 Å². The lowest BCUT2D eigenvalue weighted by Crippen LogP contribution is -2.42. The van der Waals surface area contributed by atoms with Crippen LogP contribution in [-0.2, 0) is 16.0 Å². The molecule has 0 saturated heterocycles. The van der Waals surface area contributed by atoms with Crippen molar-refractivity contribution in [1.29, 1.82) is 0 Å². The average molecular weight is 456 g/mol. The molecule has 33 heavy (non-hydrogen) atoms. The van der Waals surface area contributed by atoms with Crippen molar-refractivity contribution < 1.29 is 28.5 Å². The SMILES string of the molecule is CCCCC(=O)N1CCc2cc(OC)c(OC)cc2[C@H]1COc1ccc(C(=O)OCC)cc1. The summed E-state index contributed by atoms with van der Waals surface area (Å²) in [5.74, 6) is 1.69. The van der Waals surface area contributed by atoms with Crippen LogP contribution in [0.1, 0.15) is 60.6 Å². The first-order valence-electron chi connectivity index (χ1n) is 11.5. The number of hydrogen-bond acceptors (Lipinski definition) is 6. The molecule has 1 amide bonds. The third-order valence-electron chi connectivity index (χ3n) is 5.84. The molecule has 0 aliphatic carbocycles. The van der Waals surface area contributed by atoms with Crippen molar-refractivity contribution in [2.45, 2.75) is 45.6 Å². The van der Waals surface area contributed by atoms with E-state index in [1.807, 2.05) is 17.0 Å². The van der Waals surface area contributed by atoms with Crippen LogP contribution < -0.4 is 14.2 Å². The molecule has 0 radical (unpaired) electrons. The number of benzene rings is 2. The Bertz CT molecular complexity index is 956. The van der Waals surface area contributed by atoms with Gasteiger partial charge in [0.1, 0.15) is 12.4 Å². The molecule has 178 valence electrons. The average Bonchev–Trinajstić information content (AvgIpc) is 2.85. The van der Waals surface area contributed by atoms with Gasteiger partial charge in [0.05, 0.1) is 32.4 Å². The molecule has 1 aliphatic rings. The van der Waals surface area contributed by atoms with Crippen molar-refractivity contribution in [3.63, 3.8) is 0 Å². The van der Waals surface area contributed by atoms with E-state index in [1.54, 1.807) is 45.4 Å². The van der Waals surface area contributed by atoms with Crippen LogP contribution in [0.5, 0.6) is 17.2 Å². The smallest absolute Gasteiger partial charge is 0.338 e. The molecule has 2 aromatic carbocycles. The van der Waals surface area contributed by atoms with Gasteiger partial charge in [-0.2, -0.15) is 0 Å². The van der Waals surface area contributed by atoms with Gasteiger partial charge in [-0.1, -0.05) is 13.3 Å². The topological polar surface area (TPSA) is 74.3 Å². The first-order chi connectivity index (χ1) is 16.0. The fourth-order valence-electron chi connectivity index (χ4n) is 4.05. The number of carbonyl (C=O) groups excluding carboxylic acids is 2. The van der Waals surface area contributed by atoms with Crippen LogP contribution in [-0.4, -0.2) is 50.8 Å². The molecule has 1 aliphatic heterocycles. The van der Waals surface area contributed by atoms with Crippen molar-refractivity contribution >= 4 is 11.9 Å². The second-order valence-electron chi connectivity index (χ2n) is 7.92. The molecule has 7 heteroatoms. The Morgan fingerprint density at radius 2 is 1.73 bits per heavy atom. The lowest BCUT2D eigenvalue weighted by molar-refractivity contribution is -0.135. The van der Waals surface area contributed by atoms with Gasteiger partial charge >= 0.3 is 5.97 Å². The van der Waals surface area contributed by atoms with Gasteiger partial charge in [-0.15, -0.1) is 0 Å². The maximum Gasteiger partial charge on any atom is 0.338 e. The van der Waals surface area contributed by atoms with Gasteiger partial charge in [-0.3, -0.25) is 4.79 Å². The molecule has 1 atom stereocenters. The van der Waals surface area contributed by atoms with Gasteiger partial charge in [0, 0.05) is 13.0 Å². The standard InChI is InChI=1S/C26H33NO6/c1-5-7-8-25(28)27-14-13-19-15-23(30-3)24(31-4)16-21(19)22(27)17-33-20-11-9-18(10-12-20)26(29)32-6-2/h9-12,15-16,22H,5-8,13-14,17H2,1-4H3/t22-/m1/s1. The summed E-state index contributed by atoms with van der Waals surface area (Å²) in [6.45, 7) is 5.10. The first-order valence-corrected chi connectivity index (χ1v) is 11.5. The predicted octanol–water partition coefficient (Wildman–Crippen LogP) is 4.58. The third-order valence-corrected chi connectivity index (χ3v) is 5.84. The van der Waals surface area contributed by atoms with Crippen LogP contribution in [0, 0.1) is 0 Å². The number of amides is 1. The maximum absolute atomic E-state index is 13.0. The minimum atomic E-state index is -0.362. The lowest BCUT2D eigenvalue weighted by atomic mass is 9.91. The Labute approximate surface area is 195 Å². The van der Waals surface area contributed by atoms with Crippen LogP contribution in [0.3, 0.4) is 0 Å². The molecule has 0 saturated carbocycles. The maximum atomic E-state index is 13.0. The fourth-order valence-corrected chi connectivity index (χ4v) is 4.05. The van der Waals surface area contributed by atoms with E-state index < -0.39 is 0 Å². The summed E-state index contributed by atoms with van der Waals surface area (Å²) < 4.78 is 22.1. The van der Waals surface area contributed by atoms with Crippen LogP contribution in [0.2, 0.25) is 0 Å². The second kappa shape index (κ2) is 11.6. The number of methoxy groups -OCH3 is 2. The highest BCUT2D eigenvalue weighted by molar-refractivity contribution is 5.89. The molecule has 0 spiro atoms. The van der Waals surface area contributed by atoms with Crippen molar-refractivity contribution in [2.24, 2.45) is 0 Å². The van der Waals surface area contributed by atoms with E-state index in [0.717, 1.165) is 30.4 Å². The van der Waals surface area contributed by atoms with Crippen molar-refractivity contribution in [3.8, 4) is 17.2 Å². The van der Waals surface area contributed by atoms with Crippen LogP contribution in [0.4, 0.5) is 0 Å². The number of unbranched alkanes of at least 4 members (excludes halogenated alkanes) is 1. The van der Waals surface area contributed by atoms with E-state index in [-0.39, 0.29) is 17.9 Å². The summed E-state index contributed by atoms with van der Waals surface area (Å²) >= 11 is 0. The van der Waals surface area contributed by atoms with Gasteiger partial charge in [-0.25, -0.2) is 4.79 Å². The molecule has 0 N–H and O–H groups in total. The molecular weight excluding hydrogens is 422 g/mol. The highest BCUT2D eigenvalue weighted by Crippen LogP contribution is 2.38. The summed E-state index contributed by atoms with van der Waals surface area (Å²) in [6.07, 6.45) is 3.09. The van der Waals surface area contributed by atoms with Gasteiger partial charge in [-0.05, 0) is 67.3 Å². The largest absolute Gasteiger partial charge is 0.493 e. The van der Waals surface area contributed by atoms with Gasteiger partial charge in [0.2, 0.25) is 5.91 Å². The highest BCUT2D eigenvalue weighted by Gasteiger charge is 2.32. The van der Waals surface area contributed by atoms with E-state index in [1.165, 1.54) is 0 Å². The monoisotopic (exact) mass is 455 g/mol. The molecule has 0 bridgehead atoms. The van der Waals surface area contributed by atoms with Gasteiger partial charge < -0.3 is 23.8 Å². The quantitative estimate of drug-likeness (QED) is 0.489. The van der Waals surface area contributed by atoms with Gasteiger partial charge in [0.15, 0.2) is 11.5 Å². The minimum absolute atomic E-state index is 0.128. The lowest BCUT2D eigenvalue weighted by Gasteiger charge is -2.37. The number of esters is 1. The Morgan fingerprint density at radius 3 is 2.36 bits per heavy atom. The third kappa shape index (κ3) is 5.78. The van der Waals surface area contributed by atoms with E-state index in [2.05, 4.69) is 6.92 Å². The number of nitrogens with zero attached hydrogens (tertiary/aromatic N) is 1. The van der Waals surface area contributed by atoms with Crippen LogP contribution >= 0.6 is 0 Å². The molecule has 7 nitrogen and oxygen atoms in total. The Kier molecular flexibility index (Phi) is 8.58. The zero-order chi connectivity index (χ0) is 23.8. The minimum Gasteiger partial charge on any atom is -0.493 e. The second-order valence-corrected chi connectivity index (χ2v) is 7.92. The zero-order valence-corrected chi connectivity index (χ0v) is 19.9. The summed E-state index contributed by atoms with van der Waals surface area (Å²) in [6, 6.07) is 10.5. The molecule has 0 fully saturated rings. The fraction of sp³-hybridized carbons (Fsp3) is 0.462. The van der Waals surface area contributed by atoms with Crippen molar-refractivity contribution in [1.82, 2.24) is 4.90 Å². The molecule has 1 heterocycles. The van der Waals surface area contributed by atoms with Crippen molar-refractivity contribution in [3.05, 3.63) is 53.1 Å². The highest BCUT2D eigenvalue weighted by atomic mass is 16.5. The zero-order valence-electron chi connectivity index (χ0n) is 19.9. The number of ether oxygens (including phenoxy) is 4. The molecule has 0 aromatic heterocycles. The summed E-state index contributed by atoms with van der Waals surface area (Å²) in [5.41, 5.74) is 2.60. The van der Waals surface area contributed by atoms with Gasteiger partial charge in [0.25, 0.3) is 0 Å². The summed E-state index contributed by atoms with van der Waals surface area (Å²) in [4.78, 5) is 26.8. The normalized spacial score (nSPS) is 14.9. The van der Waals surface area contributed by atoms with E-state index in [4.69, 9.17) is 18.9 Å². The predicted molar refractivity (Wildman–Crippen MR) is 125 cm³/mol. The molecular formula is C26H33NO6. The molecule has 3 rings (SSSR count). The molecule has 0 unspecified atom stereocenters.